The van der Waals surface area contributed by atoms with Crippen LogP contribution in [0, 0.1) is 0 Å². The minimum atomic E-state index is -0.177. The molecule has 0 atom stereocenters. The number of hydrogen-bond acceptors (Lipinski definition) is 7. The Hall–Kier alpha value is -1.61. The average molecular weight is 398 g/mol. The third kappa shape index (κ3) is 5.98. The van der Waals surface area contributed by atoms with E-state index in [-0.39, 0.29) is 18.0 Å². The van der Waals surface area contributed by atoms with Crippen LogP contribution < -0.4 is 15.8 Å². The summed E-state index contributed by atoms with van der Waals surface area (Å²) in [5.41, 5.74) is 0.609. The Balaban J connectivity index is 1.90. The van der Waals surface area contributed by atoms with E-state index in [1.807, 2.05) is 11.8 Å². The summed E-state index contributed by atoms with van der Waals surface area (Å²) in [6.07, 6.45) is 3.86. The Morgan fingerprint density at radius 2 is 2.15 bits per heavy atom. The number of aromatic nitrogens is 3. The van der Waals surface area contributed by atoms with Crippen molar-refractivity contribution >= 4 is 39.1 Å². The smallest absolute Gasteiger partial charge is 0.275 e. The second kappa shape index (κ2) is 10.5. The number of anilines is 1. The molecule has 0 aliphatic carbocycles. The lowest BCUT2D eigenvalue weighted by molar-refractivity contribution is -0.119. The maximum atomic E-state index is 12.1. The van der Waals surface area contributed by atoms with Crippen LogP contribution >= 0.6 is 23.1 Å². The monoisotopic (exact) mass is 397 g/mol. The standard InChI is InChI=1S/C17H27N5O2S2/c1-4-7-13-11-15(24)22-16(19-13)26-17(20-22)21(3)12-14(23)18-8-6-10-25-9-5-2/h11H,4-10,12H2,1-3H3,(H,18,23). The van der Waals surface area contributed by atoms with Gasteiger partial charge in [0.25, 0.3) is 5.56 Å². The minimum absolute atomic E-state index is 0.0424. The number of rotatable bonds is 11. The van der Waals surface area contributed by atoms with Crippen molar-refractivity contribution in [3.05, 3.63) is 22.1 Å². The van der Waals surface area contributed by atoms with Crippen molar-refractivity contribution in [2.75, 3.05) is 36.5 Å². The van der Waals surface area contributed by atoms with Gasteiger partial charge in [0.2, 0.25) is 16.0 Å². The van der Waals surface area contributed by atoms with Crippen molar-refractivity contribution in [1.29, 1.82) is 0 Å². The zero-order valence-corrected chi connectivity index (χ0v) is 17.3. The summed E-state index contributed by atoms with van der Waals surface area (Å²) in [7, 11) is 1.80. The zero-order valence-electron chi connectivity index (χ0n) is 15.7. The normalized spacial score (nSPS) is 11.0. The number of thioether (sulfide) groups is 1. The van der Waals surface area contributed by atoms with Crippen LogP contribution in [0.4, 0.5) is 5.13 Å². The molecule has 0 saturated heterocycles. The van der Waals surface area contributed by atoms with Crippen LogP contribution in [-0.4, -0.2) is 52.1 Å². The van der Waals surface area contributed by atoms with Gasteiger partial charge in [-0.15, -0.1) is 5.10 Å². The van der Waals surface area contributed by atoms with E-state index in [1.165, 1.54) is 34.1 Å². The summed E-state index contributed by atoms with van der Waals surface area (Å²) in [5, 5.41) is 7.84. The predicted octanol–water partition coefficient (Wildman–Crippen LogP) is 2.19. The highest BCUT2D eigenvalue weighted by atomic mass is 32.2. The number of nitrogens with one attached hydrogen (secondary N) is 1. The molecule has 0 spiro atoms. The lowest BCUT2D eigenvalue weighted by atomic mass is 10.2. The number of fused-ring (bicyclic) bond motifs is 1. The first-order chi connectivity index (χ1) is 12.5. The molecule has 0 fully saturated rings. The van der Waals surface area contributed by atoms with Crippen molar-refractivity contribution in [2.45, 2.75) is 39.5 Å². The highest BCUT2D eigenvalue weighted by Crippen LogP contribution is 2.20. The fourth-order valence-electron chi connectivity index (χ4n) is 2.37. The molecule has 2 aromatic heterocycles. The molecular formula is C17H27N5O2S2. The van der Waals surface area contributed by atoms with Gasteiger partial charge in [0, 0.05) is 25.4 Å². The molecule has 2 heterocycles. The quantitative estimate of drug-likeness (QED) is 0.586. The van der Waals surface area contributed by atoms with Gasteiger partial charge in [-0.1, -0.05) is 31.6 Å². The van der Waals surface area contributed by atoms with Crippen LogP contribution in [0.1, 0.15) is 38.8 Å². The van der Waals surface area contributed by atoms with Crippen molar-refractivity contribution < 1.29 is 4.79 Å². The summed E-state index contributed by atoms with van der Waals surface area (Å²) in [5.74, 6) is 2.19. The third-order valence-corrected chi connectivity index (χ3v) is 5.93. The molecule has 26 heavy (non-hydrogen) atoms. The van der Waals surface area contributed by atoms with Gasteiger partial charge in [0.15, 0.2) is 0 Å². The first-order valence-corrected chi connectivity index (χ1v) is 11.0. The van der Waals surface area contributed by atoms with Crippen molar-refractivity contribution in [3.8, 4) is 0 Å². The third-order valence-electron chi connectivity index (χ3n) is 3.64. The van der Waals surface area contributed by atoms with E-state index in [9.17, 15) is 9.59 Å². The first kappa shape index (κ1) is 20.7. The molecule has 0 aliphatic heterocycles. The topological polar surface area (TPSA) is 79.6 Å². The van der Waals surface area contributed by atoms with Crippen LogP contribution in [0.15, 0.2) is 10.9 Å². The minimum Gasteiger partial charge on any atom is -0.355 e. The molecule has 144 valence electrons. The van der Waals surface area contributed by atoms with E-state index in [1.54, 1.807) is 11.9 Å². The van der Waals surface area contributed by atoms with E-state index in [0.29, 0.717) is 16.6 Å². The van der Waals surface area contributed by atoms with Gasteiger partial charge in [-0.25, -0.2) is 4.98 Å². The molecule has 2 aromatic rings. The van der Waals surface area contributed by atoms with Crippen molar-refractivity contribution in [1.82, 2.24) is 19.9 Å². The van der Waals surface area contributed by atoms with Gasteiger partial charge in [0.1, 0.15) is 0 Å². The molecular weight excluding hydrogens is 370 g/mol. The van der Waals surface area contributed by atoms with Gasteiger partial charge in [-0.05, 0) is 30.8 Å². The Morgan fingerprint density at radius 3 is 2.88 bits per heavy atom. The van der Waals surface area contributed by atoms with Crippen LogP contribution in [0.2, 0.25) is 0 Å². The van der Waals surface area contributed by atoms with Crippen LogP contribution in [0.25, 0.3) is 4.96 Å². The Morgan fingerprint density at radius 1 is 1.35 bits per heavy atom. The summed E-state index contributed by atoms with van der Waals surface area (Å²) >= 11 is 3.24. The first-order valence-electron chi connectivity index (χ1n) is 9.00. The Bertz CT molecular complexity index is 774. The number of amides is 1. The molecule has 0 aliphatic rings. The molecule has 1 amide bonds. The second-order valence-corrected chi connectivity index (χ2v) is 8.25. The molecule has 0 bridgehead atoms. The second-order valence-electron chi connectivity index (χ2n) is 6.09. The van der Waals surface area contributed by atoms with Crippen molar-refractivity contribution in [2.24, 2.45) is 0 Å². The number of carbonyl (C=O) groups excluding carboxylic acids is 1. The summed E-state index contributed by atoms with van der Waals surface area (Å²) < 4.78 is 1.30. The molecule has 7 nitrogen and oxygen atoms in total. The van der Waals surface area contributed by atoms with E-state index in [0.717, 1.165) is 30.7 Å². The Labute approximate surface area is 162 Å². The van der Waals surface area contributed by atoms with Crippen LogP contribution in [0.3, 0.4) is 0 Å². The summed E-state index contributed by atoms with van der Waals surface area (Å²) in [4.78, 5) is 31.0. The molecule has 2 rings (SSSR count). The van der Waals surface area contributed by atoms with Crippen molar-refractivity contribution in [3.63, 3.8) is 0 Å². The van der Waals surface area contributed by atoms with E-state index in [2.05, 4.69) is 29.2 Å². The fourth-order valence-corrected chi connectivity index (χ4v) is 4.10. The fraction of sp³-hybridized carbons (Fsp3) is 0.647. The summed E-state index contributed by atoms with van der Waals surface area (Å²) in [6, 6.07) is 1.53. The van der Waals surface area contributed by atoms with E-state index in [4.69, 9.17) is 0 Å². The molecule has 0 unspecified atom stereocenters. The van der Waals surface area contributed by atoms with Crippen LogP contribution in [-0.2, 0) is 11.2 Å². The predicted molar refractivity (Wildman–Crippen MR) is 110 cm³/mol. The lowest BCUT2D eigenvalue weighted by Crippen LogP contribution is -2.35. The number of likely N-dealkylation sites (N-methyl/N-ethyl adjacent to an activating group) is 1. The molecule has 0 saturated carbocycles. The highest BCUT2D eigenvalue weighted by Gasteiger charge is 2.14. The van der Waals surface area contributed by atoms with Gasteiger partial charge in [-0.2, -0.15) is 16.3 Å². The maximum absolute atomic E-state index is 12.1. The van der Waals surface area contributed by atoms with Gasteiger partial charge < -0.3 is 10.2 Å². The number of nitrogens with zero attached hydrogens (tertiary/aromatic N) is 4. The highest BCUT2D eigenvalue weighted by molar-refractivity contribution is 7.99. The number of hydrogen-bond donors (Lipinski definition) is 1. The summed E-state index contributed by atoms with van der Waals surface area (Å²) in [6.45, 7) is 5.11. The molecule has 9 heteroatoms. The molecule has 0 radical (unpaired) electrons. The van der Waals surface area contributed by atoms with E-state index < -0.39 is 0 Å². The maximum Gasteiger partial charge on any atom is 0.275 e. The lowest BCUT2D eigenvalue weighted by Gasteiger charge is -2.14. The largest absolute Gasteiger partial charge is 0.355 e. The van der Waals surface area contributed by atoms with Gasteiger partial charge in [0.05, 0.1) is 6.54 Å². The SMILES string of the molecule is CCCSCCCNC(=O)CN(C)c1nn2c(=O)cc(CCC)nc2s1. The Kier molecular flexibility index (Phi) is 8.37. The van der Waals surface area contributed by atoms with Crippen LogP contribution in [0.5, 0.6) is 0 Å². The molecule has 0 aromatic carbocycles. The average Bonchev–Trinajstić information content (AvgIpc) is 3.03. The zero-order chi connectivity index (χ0) is 18.9. The van der Waals surface area contributed by atoms with Gasteiger partial charge >= 0.3 is 0 Å². The molecule has 1 N–H and O–H groups in total. The number of carbonyl (C=O) groups is 1. The number of aryl methyl sites for hydroxylation is 1. The van der Waals surface area contributed by atoms with Gasteiger partial charge in [-0.3, -0.25) is 9.59 Å². The van der Waals surface area contributed by atoms with E-state index >= 15 is 0 Å².